The number of nitrogens with one attached hydrogen (secondary N) is 1. The van der Waals surface area contributed by atoms with Gasteiger partial charge in [0.2, 0.25) is 0 Å². The zero-order valence-electron chi connectivity index (χ0n) is 14.6. The standard InChI is InChI=1S/C16H23NO8S/c1-23-15(19)14(13(18)9-6-10-25-26(2,21)22)17-16(20)24-11-12-7-4-3-5-8-12/h3-5,7-8,13-14,18H,6,9-11H2,1-2H3,(H,17,20)/t13-,14+/m0/s1. The van der Waals surface area contributed by atoms with Crippen LogP contribution < -0.4 is 5.32 Å². The van der Waals surface area contributed by atoms with Gasteiger partial charge >= 0.3 is 12.1 Å². The van der Waals surface area contributed by atoms with E-state index in [2.05, 4.69) is 14.2 Å². The highest BCUT2D eigenvalue weighted by molar-refractivity contribution is 7.85. The molecule has 0 radical (unpaired) electrons. The maximum atomic E-state index is 11.9. The van der Waals surface area contributed by atoms with Crippen LogP contribution in [-0.2, 0) is 35.2 Å². The number of ether oxygens (including phenoxy) is 2. The predicted molar refractivity (Wildman–Crippen MR) is 91.6 cm³/mol. The fourth-order valence-electron chi connectivity index (χ4n) is 2.00. The second kappa shape index (κ2) is 10.7. The van der Waals surface area contributed by atoms with Crippen molar-refractivity contribution in [3.63, 3.8) is 0 Å². The van der Waals surface area contributed by atoms with E-state index >= 15 is 0 Å². The fraction of sp³-hybridized carbons (Fsp3) is 0.500. The van der Waals surface area contributed by atoms with Crippen molar-refractivity contribution in [2.75, 3.05) is 20.0 Å². The summed E-state index contributed by atoms with van der Waals surface area (Å²) in [6.07, 6.45) is -1.12. The molecule has 10 heteroatoms. The SMILES string of the molecule is COC(=O)[C@H](NC(=O)OCc1ccccc1)[C@@H](O)CCCOS(C)(=O)=O. The lowest BCUT2D eigenvalue weighted by molar-refractivity contribution is -0.146. The molecule has 1 rings (SSSR count). The predicted octanol–water partition coefficient (Wildman–Crippen LogP) is 0.572. The Morgan fingerprint density at radius 1 is 1.23 bits per heavy atom. The Bertz CT molecular complexity index is 677. The van der Waals surface area contributed by atoms with E-state index in [0.717, 1.165) is 18.9 Å². The Labute approximate surface area is 152 Å². The van der Waals surface area contributed by atoms with Crippen molar-refractivity contribution in [3.05, 3.63) is 35.9 Å². The largest absolute Gasteiger partial charge is 0.467 e. The molecule has 1 aromatic carbocycles. The van der Waals surface area contributed by atoms with E-state index < -0.39 is 34.3 Å². The average Bonchev–Trinajstić information content (AvgIpc) is 2.60. The van der Waals surface area contributed by atoms with Crippen LogP contribution in [0.15, 0.2) is 30.3 Å². The number of amides is 1. The molecule has 0 aliphatic carbocycles. The Kier molecular flexibility index (Phi) is 9.03. The number of methoxy groups -OCH3 is 1. The highest BCUT2D eigenvalue weighted by Gasteiger charge is 2.29. The lowest BCUT2D eigenvalue weighted by Gasteiger charge is -2.21. The van der Waals surface area contributed by atoms with Gasteiger partial charge in [0.25, 0.3) is 10.1 Å². The Morgan fingerprint density at radius 3 is 2.46 bits per heavy atom. The van der Waals surface area contributed by atoms with Crippen LogP contribution in [0.2, 0.25) is 0 Å². The van der Waals surface area contributed by atoms with Crippen LogP contribution >= 0.6 is 0 Å². The first kappa shape index (κ1) is 21.9. The van der Waals surface area contributed by atoms with Gasteiger partial charge in [0.15, 0.2) is 6.04 Å². The van der Waals surface area contributed by atoms with E-state index in [9.17, 15) is 23.1 Å². The third-order valence-electron chi connectivity index (χ3n) is 3.27. The van der Waals surface area contributed by atoms with Gasteiger partial charge in [-0.3, -0.25) is 4.18 Å². The van der Waals surface area contributed by atoms with E-state index in [0.29, 0.717) is 0 Å². The minimum atomic E-state index is -3.58. The van der Waals surface area contributed by atoms with Gasteiger partial charge in [0.05, 0.1) is 26.1 Å². The number of hydrogen-bond acceptors (Lipinski definition) is 8. The lowest BCUT2D eigenvalue weighted by Crippen LogP contribution is -2.49. The highest BCUT2D eigenvalue weighted by Crippen LogP contribution is 2.07. The third-order valence-corrected chi connectivity index (χ3v) is 3.86. The molecular formula is C16H23NO8S. The molecule has 9 nitrogen and oxygen atoms in total. The number of hydrogen-bond donors (Lipinski definition) is 2. The molecule has 0 aliphatic rings. The number of benzene rings is 1. The first-order valence-electron chi connectivity index (χ1n) is 7.80. The summed E-state index contributed by atoms with van der Waals surface area (Å²) in [7, 11) is -2.46. The Morgan fingerprint density at radius 2 is 1.88 bits per heavy atom. The third kappa shape index (κ3) is 8.79. The second-order valence-electron chi connectivity index (χ2n) is 5.44. The van der Waals surface area contributed by atoms with Crippen LogP contribution in [0.1, 0.15) is 18.4 Å². The fourth-order valence-corrected chi connectivity index (χ4v) is 2.42. The first-order chi connectivity index (χ1) is 12.2. The van der Waals surface area contributed by atoms with E-state index in [1.165, 1.54) is 0 Å². The number of aliphatic hydroxyl groups is 1. The molecule has 0 saturated heterocycles. The number of aliphatic hydroxyl groups excluding tert-OH is 1. The van der Waals surface area contributed by atoms with Crippen molar-refractivity contribution < 1.29 is 36.8 Å². The van der Waals surface area contributed by atoms with Gasteiger partial charge in [-0.1, -0.05) is 30.3 Å². The molecule has 2 N–H and O–H groups in total. The summed E-state index contributed by atoms with van der Waals surface area (Å²) in [6.45, 7) is -0.152. The van der Waals surface area contributed by atoms with Crippen LogP contribution in [0.5, 0.6) is 0 Å². The summed E-state index contributed by atoms with van der Waals surface area (Å²) >= 11 is 0. The average molecular weight is 389 g/mol. The minimum absolute atomic E-state index is 0.00113. The molecule has 0 aliphatic heterocycles. The summed E-state index contributed by atoms with van der Waals surface area (Å²) in [5, 5.41) is 12.3. The molecule has 0 heterocycles. The van der Waals surface area contributed by atoms with E-state index in [1.54, 1.807) is 24.3 Å². The van der Waals surface area contributed by atoms with Crippen LogP contribution in [0.4, 0.5) is 4.79 Å². The van der Waals surface area contributed by atoms with Gasteiger partial charge in [0.1, 0.15) is 6.61 Å². The molecule has 26 heavy (non-hydrogen) atoms. The Balaban J connectivity index is 2.51. The monoisotopic (exact) mass is 389 g/mol. The zero-order chi connectivity index (χ0) is 19.6. The molecule has 1 aromatic rings. The normalized spacial score (nSPS) is 13.5. The van der Waals surface area contributed by atoms with Crippen molar-refractivity contribution in [2.24, 2.45) is 0 Å². The second-order valence-corrected chi connectivity index (χ2v) is 7.09. The minimum Gasteiger partial charge on any atom is -0.467 e. The molecule has 0 spiro atoms. The summed E-state index contributed by atoms with van der Waals surface area (Å²) in [4.78, 5) is 23.6. The number of carbonyl (C=O) groups is 2. The van der Waals surface area contributed by atoms with E-state index in [1.807, 2.05) is 6.07 Å². The molecule has 0 bridgehead atoms. The zero-order valence-corrected chi connectivity index (χ0v) is 15.4. The number of alkyl carbamates (subject to hydrolysis) is 1. The summed E-state index contributed by atoms with van der Waals surface area (Å²) < 4.78 is 35.8. The molecule has 146 valence electrons. The van der Waals surface area contributed by atoms with Gasteiger partial charge in [-0.2, -0.15) is 8.42 Å². The maximum Gasteiger partial charge on any atom is 0.408 e. The summed E-state index contributed by atoms with van der Waals surface area (Å²) in [5.74, 6) is -0.849. The van der Waals surface area contributed by atoms with Crippen molar-refractivity contribution in [1.29, 1.82) is 0 Å². The number of rotatable bonds is 10. The lowest BCUT2D eigenvalue weighted by atomic mass is 10.1. The van der Waals surface area contributed by atoms with Crippen LogP contribution in [-0.4, -0.2) is 57.7 Å². The van der Waals surface area contributed by atoms with Crippen LogP contribution in [0.3, 0.4) is 0 Å². The molecule has 0 aromatic heterocycles. The molecule has 0 saturated carbocycles. The quantitative estimate of drug-likeness (QED) is 0.338. The van der Waals surface area contributed by atoms with Crippen molar-refractivity contribution >= 4 is 22.2 Å². The van der Waals surface area contributed by atoms with Crippen molar-refractivity contribution in [3.8, 4) is 0 Å². The van der Waals surface area contributed by atoms with Gasteiger partial charge in [0, 0.05) is 0 Å². The molecule has 1 amide bonds. The topological polar surface area (TPSA) is 128 Å². The molecule has 0 fully saturated rings. The van der Waals surface area contributed by atoms with E-state index in [-0.39, 0.29) is 26.1 Å². The van der Waals surface area contributed by atoms with Gasteiger partial charge in [-0.05, 0) is 18.4 Å². The number of carbonyl (C=O) groups excluding carboxylic acids is 2. The van der Waals surface area contributed by atoms with Gasteiger partial charge in [-0.25, -0.2) is 9.59 Å². The maximum absolute atomic E-state index is 11.9. The van der Waals surface area contributed by atoms with Crippen molar-refractivity contribution in [1.82, 2.24) is 5.32 Å². The first-order valence-corrected chi connectivity index (χ1v) is 9.62. The van der Waals surface area contributed by atoms with Crippen LogP contribution in [0.25, 0.3) is 0 Å². The van der Waals surface area contributed by atoms with Gasteiger partial charge in [-0.15, -0.1) is 0 Å². The van der Waals surface area contributed by atoms with Crippen LogP contribution in [0, 0.1) is 0 Å². The number of esters is 1. The van der Waals surface area contributed by atoms with Crippen molar-refractivity contribution in [2.45, 2.75) is 31.6 Å². The summed E-state index contributed by atoms with van der Waals surface area (Å²) in [6, 6.07) is 7.58. The van der Waals surface area contributed by atoms with E-state index in [4.69, 9.17) is 4.74 Å². The molecular weight excluding hydrogens is 366 g/mol. The molecule has 0 unspecified atom stereocenters. The summed E-state index contributed by atoms with van der Waals surface area (Å²) in [5.41, 5.74) is 0.760. The van der Waals surface area contributed by atoms with Gasteiger partial charge < -0.3 is 19.9 Å². The highest BCUT2D eigenvalue weighted by atomic mass is 32.2. The smallest absolute Gasteiger partial charge is 0.408 e. The molecule has 2 atom stereocenters. The Hall–Kier alpha value is -2.17.